The maximum atomic E-state index is 12.4. The van der Waals surface area contributed by atoms with Crippen molar-refractivity contribution >= 4 is 17.5 Å². The van der Waals surface area contributed by atoms with Gasteiger partial charge in [0.2, 0.25) is 5.91 Å². The van der Waals surface area contributed by atoms with Crippen LogP contribution in [0.2, 0.25) is 5.02 Å². The number of hydrogen-bond acceptors (Lipinski definition) is 2. The monoisotopic (exact) mass is 336 g/mol. The number of nitrogens with one attached hydrogen (secondary N) is 1. The molecule has 2 rings (SSSR count). The maximum Gasteiger partial charge on any atom is 0.220 e. The summed E-state index contributed by atoms with van der Waals surface area (Å²) in [6.45, 7) is 11.6. The lowest BCUT2D eigenvalue weighted by atomic mass is 9.81. The van der Waals surface area contributed by atoms with E-state index in [4.69, 9.17) is 11.6 Å². The Hall–Kier alpha value is -1.06. The number of nitrogens with zero attached hydrogens (tertiary/aromatic N) is 1. The molecule has 1 amide bonds. The molecular formula is C19H29ClN2O. The van der Waals surface area contributed by atoms with E-state index in [0.29, 0.717) is 13.0 Å². The average molecular weight is 337 g/mol. The van der Waals surface area contributed by atoms with Crippen molar-refractivity contribution < 1.29 is 4.79 Å². The molecule has 0 bridgehead atoms. The van der Waals surface area contributed by atoms with Gasteiger partial charge in [-0.3, -0.25) is 9.69 Å². The number of carbonyl (C=O) groups excluding carboxylic acids is 1. The van der Waals surface area contributed by atoms with Crippen molar-refractivity contribution in [3.05, 3.63) is 34.9 Å². The summed E-state index contributed by atoms with van der Waals surface area (Å²) in [6, 6.07) is 7.77. The molecule has 0 spiro atoms. The summed E-state index contributed by atoms with van der Waals surface area (Å²) in [7, 11) is 0. The second-order valence-corrected chi connectivity index (χ2v) is 8.29. The highest BCUT2D eigenvalue weighted by atomic mass is 35.5. The first-order chi connectivity index (χ1) is 10.7. The molecule has 1 heterocycles. The van der Waals surface area contributed by atoms with E-state index in [9.17, 15) is 4.79 Å². The minimum Gasteiger partial charge on any atom is -0.354 e. The van der Waals surface area contributed by atoms with Gasteiger partial charge in [0, 0.05) is 23.5 Å². The molecule has 0 radical (unpaired) electrons. The SMILES string of the molecule is CC(C)(CC(=O)NCC(C)(C)N1CCCC1)c1ccc(Cl)cc1. The van der Waals surface area contributed by atoms with Gasteiger partial charge in [0.25, 0.3) is 0 Å². The van der Waals surface area contributed by atoms with Crippen LogP contribution in [0.5, 0.6) is 0 Å². The van der Waals surface area contributed by atoms with Crippen molar-refractivity contribution in [3.63, 3.8) is 0 Å². The molecule has 0 atom stereocenters. The second-order valence-electron chi connectivity index (χ2n) is 7.85. The topological polar surface area (TPSA) is 32.3 Å². The van der Waals surface area contributed by atoms with E-state index in [1.165, 1.54) is 12.8 Å². The Balaban J connectivity index is 1.89. The van der Waals surface area contributed by atoms with Gasteiger partial charge in [-0.05, 0) is 62.9 Å². The van der Waals surface area contributed by atoms with Crippen LogP contribution in [0.25, 0.3) is 0 Å². The zero-order valence-corrected chi connectivity index (χ0v) is 15.5. The molecule has 1 saturated heterocycles. The van der Waals surface area contributed by atoms with Gasteiger partial charge in [0.15, 0.2) is 0 Å². The fourth-order valence-corrected chi connectivity index (χ4v) is 3.34. The number of halogens is 1. The summed E-state index contributed by atoms with van der Waals surface area (Å²) >= 11 is 5.95. The van der Waals surface area contributed by atoms with Gasteiger partial charge >= 0.3 is 0 Å². The first kappa shape index (κ1) is 18.3. The quantitative estimate of drug-likeness (QED) is 0.851. The summed E-state index contributed by atoms with van der Waals surface area (Å²) < 4.78 is 0. The molecule has 3 nitrogen and oxygen atoms in total. The van der Waals surface area contributed by atoms with Crippen LogP contribution in [0.3, 0.4) is 0 Å². The highest BCUT2D eigenvalue weighted by Gasteiger charge is 2.30. The molecule has 1 N–H and O–H groups in total. The zero-order chi connectivity index (χ0) is 17.1. The first-order valence-electron chi connectivity index (χ1n) is 8.48. The van der Waals surface area contributed by atoms with Gasteiger partial charge < -0.3 is 5.32 Å². The van der Waals surface area contributed by atoms with E-state index in [1.807, 2.05) is 24.3 Å². The molecule has 4 heteroatoms. The van der Waals surface area contributed by atoms with Gasteiger partial charge in [0.05, 0.1) is 0 Å². The molecule has 1 aromatic rings. The van der Waals surface area contributed by atoms with E-state index < -0.39 is 0 Å². The maximum absolute atomic E-state index is 12.4. The summed E-state index contributed by atoms with van der Waals surface area (Å²) in [5.74, 6) is 0.109. The Bertz CT molecular complexity index is 531. The van der Waals surface area contributed by atoms with Crippen molar-refractivity contribution in [2.75, 3.05) is 19.6 Å². The summed E-state index contributed by atoms with van der Waals surface area (Å²) in [5, 5.41) is 3.85. The highest BCUT2D eigenvalue weighted by molar-refractivity contribution is 6.30. The number of amides is 1. The summed E-state index contributed by atoms with van der Waals surface area (Å²) in [4.78, 5) is 14.9. The normalized spacial score (nSPS) is 16.6. The molecule has 0 aliphatic carbocycles. The Morgan fingerprint density at radius 3 is 2.26 bits per heavy atom. The van der Waals surface area contributed by atoms with Crippen molar-refractivity contribution in [1.29, 1.82) is 0 Å². The molecule has 0 unspecified atom stereocenters. The third-order valence-electron chi connectivity index (χ3n) is 4.91. The van der Waals surface area contributed by atoms with Crippen LogP contribution in [0.15, 0.2) is 24.3 Å². The lowest BCUT2D eigenvalue weighted by Gasteiger charge is -2.36. The predicted molar refractivity (Wildman–Crippen MR) is 97.0 cm³/mol. The third kappa shape index (κ3) is 4.95. The molecule has 23 heavy (non-hydrogen) atoms. The Morgan fingerprint density at radius 1 is 1.13 bits per heavy atom. The van der Waals surface area contributed by atoms with Crippen LogP contribution in [0.4, 0.5) is 0 Å². The predicted octanol–water partition coefficient (Wildman–Crippen LogP) is 4.00. The Morgan fingerprint density at radius 2 is 1.70 bits per heavy atom. The minimum atomic E-state index is -0.202. The fourth-order valence-electron chi connectivity index (χ4n) is 3.22. The first-order valence-corrected chi connectivity index (χ1v) is 8.86. The van der Waals surface area contributed by atoms with Gasteiger partial charge in [-0.1, -0.05) is 37.6 Å². The van der Waals surface area contributed by atoms with Gasteiger partial charge in [-0.2, -0.15) is 0 Å². The molecule has 1 aliphatic rings. The summed E-state index contributed by atoms with van der Waals surface area (Å²) in [6.07, 6.45) is 3.01. The molecule has 1 aliphatic heterocycles. The molecule has 0 saturated carbocycles. The zero-order valence-electron chi connectivity index (χ0n) is 14.8. The van der Waals surface area contributed by atoms with Gasteiger partial charge in [-0.15, -0.1) is 0 Å². The number of carbonyl (C=O) groups is 1. The average Bonchev–Trinajstić information content (AvgIpc) is 3.00. The Labute approximate surface area is 145 Å². The van der Waals surface area contributed by atoms with E-state index in [2.05, 4.69) is 37.9 Å². The fraction of sp³-hybridized carbons (Fsp3) is 0.632. The van der Waals surface area contributed by atoms with E-state index in [-0.39, 0.29) is 16.9 Å². The van der Waals surface area contributed by atoms with Crippen molar-refractivity contribution in [1.82, 2.24) is 10.2 Å². The molecule has 0 aromatic heterocycles. The number of hydrogen-bond donors (Lipinski definition) is 1. The van der Waals surface area contributed by atoms with E-state index in [0.717, 1.165) is 23.7 Å². The van der Waals surface area contributed by atoms with Crippen LogP contribution in [0, 0.1) is 0 Å². The van der Waals surface area contributed by atoms with Crippen LogP contribution in [-0.2, 0) is 10.2 Å². The lowest BCUT2D eigenvalue weighted by Crippen LogP contribution is -2.50. The van der Waals surface area contributed by atoms with Crippen LogP contribution in [-0.4, -0.2) is 36.0 Å². The molecule has 1 fully saturated rings. The van der Waals surface area contributed by atoms with Gasteiger partial charge in [0.1, 0.15) is 0 Å². The Kier molecular flexibility index (Phi) is 5.74. The van der Waals surface area contributed by atoms with Crippen molar-refractivity contribution in [3.8, 4) is 0 Å². The minimum absolute atomic E-state index is 0.0244. The standard InChI is InChI=1S/C19H29ClN2O/c1-18(2,15-7-9-16(20)10-8-15)13-17(23)21-14-19(3,4)22-11-5-6-12-22/h7-10H,5-6,11-14H2,1-4H3,(H,21,23). The third-order valence-corrected chi connectivity index (χ3v) is 5.16. The van der Waals surface area contributed by atoms with Crippen molar-refractivity contribution in [2.45, 2.75) is 57.9 Å². The number of likely N-dealkylation sites (tertiary alicyclic amines) is 1. The van der Waals surface area contributed by atoms with Crippen molar-refractivity contribution in [2.24, 2.45) is 0 Å². The molecule has 128 valence electrons. The second kappa shape index (κ2) is 7.23. The number of rotatable bonds is 6. The van der Waals surface area contributed by atoms with Crippen LogP contribution < -0.4 is 5.32 Å². The lowest BCUT2D eigenvalue weighted by molar-refractivity contribution is -0.122. The largest absolute Gasteiger partial charge is 0.354 e. The molecular weight excluding hydrogens is 308 g/mol. The van der Waals surface area contributed by atoms with Gasteiger partial charge in [-0.25, -0.2) is 0 Å². The smallest absolute Gasteiger partial charge is 0.220 e. The highest BCUT2D eigenvalue weighted by Crippen LogP contribution is 2.28. The van der Waals surface area contributed by atoms with Crippen LogP contribution in [0.1, 0.15) is 52.5 Å². The van der Waals surface area contributed by atoms with E-state index in [1.54, 1.807) is 0 Å². The summed E-state index contributed by atoms with van der Waals surface area (Å²) in [5.41, 5.74) is 0.958. The molecule has 1 aromatic carbocycles. The van der Waals surface area contributed by atoms with E-state index >= 15 is 0 Å². The number of benzene rings is 1. The van der Waals surface area contributed by atoms with Crippen LogP contribution >= 0.6 is 11.6 Å².